The van der Waals surface area contributed by atoms with Gasteiger partial charge in [-0.3, -0.25) is 4.68 Å². The maximum absolute atomic E-state index is 5.91. The van der Waals surface area contributed by atoms with Crippen molar-refractivity contribution in [2.24, 2.45) is 7.05 Å². The Bertz CT molecular complexity index is 566. The Balaban J connectivity index is 2.05. The molecule has 0 aliphatic rings. The molecule has 0 atom stereocenters. The number of nitrogens with zero attached hydrogens (tertiary/aromatic N) is 2. The van der Waals surface area contributed by atoms with Crippen molar-refractivity contribution in [3.8, 4) is 5.75 Å². The largest absolute Gasteiger partial charge is 0.488 e. The number of nitrogens with one attached hydrogen (secondary N) is 1. The van der Waals surface area contributed by atoms with Crippen LogP contribution in [0.25, 0.3) is 0 Å². The van der Waals surface area contributed by atoms with E-state index in [0.29, 0.717) is 12.6 Å². The maximum Gasteiger partial charge on any atom is 0.124 e. The van der Waals surface area contributed by atoms with Crippen LogP contribution in [0.3, 0.4) is 0 Å². The number of rotatable bonds is 6. The highest BCUT2D eigenvalue weighted by Crippen LogP contribution is 2.24. The summed E-state index contributed by atoms with van der Waals surface area (Å²) in [4.78, 5) is 0. The third-order valence-electron chi connectivity index (χ3n) is 2.88. The fourth-order valence-electron chi connectivity index (χ4n) is 1.85. The number of aromatic nitrogens is 2. The molecule has 1 N–H and O–H groups in total. The fourth-order valence-corrected chi connectivity index (χ4v) is 2.26. The van der Waals surface area contributed by atoms with E-state index < -0.39 is 0 Å². The van der Waals surface area contributed by atoms with Crippen LogP contribution in [0.4, 0.5) is 0 Å². The first-order chi connectivity index (χ1) is 9.54. The Hall–Kier alpha value is -1.33. The van der Waals surface area contributed by atoms with Crippen molar-refractivity contribution in [2.45, 2.75) is 33.0 Å². The molecule has 4 nitrogen and oxygen atoms in total. The third kappa shape index (κ3) is 4.35. The molecule has 5 heteroatoms. The number of hydrogen-bond donors (Lipinski definition) is 1. The average molecular weight is 338 g/mol. The van der Waals surface area contributed by atoms with Crippen LogP contribution < -0.4 is 10.1 Å². The smallest absolute Gasteiger partial charge is 0.124 e. The summed E-state index contributed by atoms with van der Waals surface area (Å²) >= 11 is 3.51. The van der Waals surface area contributed by atoms with Gasteiger partial charge in [-0.2, -0.15) is 5.10 Å². The van der Waals surface area contributed by atoms with Gasteiger partial charge in [0.15, 0.2) is 0 Å². The summed E-state index contributed by atoms with van der Waals surface area (Å²) in [6.07, 6.45) is 3.79. The molecule has 1 aromatic carbocycles. The van der Waals surface area contributed by atoms with Gasteiger partial charge in [0, 0.05) is 41.4 Å². The molecular weight excluding hydrogens is 318 g/mol. The summed E-state index contributed by atoms with van der Waals surface area (Å²) in [7, 11) is 1.90. The van der Waals surface area contributed by atoms with E-state index in [2.05, 4.69) is 46.3 Å². The molecule has 1 aromatic heterocycles. The average Bonchev–Trinajstić information content (AvgIpc) is 2.81. The van der Waals surface area contributed by atoms with Gasteiger partial charge in [0.25, 0.3) is 0 Å². The molecule has 0 radical (unpaired) electrons. The highest BCUT2D eigenvalue weighted by Gasteiger charge is 2.06. The SMILES string of the molecule is CC(C)NCc1cc(Br)ccc1OCc1cnn(C)c1. The summed E-state index contributed by atoms with van der Waals surface area (Å²) in [6.45, 7) is 5.59. The minimum absolute atomic E-state index is 0.445. The molecular formula is C15H20BrN3O. The minimum atomic E-state index is 0.445. The molecule has 2 aromatic rings. The number of halogens is 1. The lowest BCUT2D eigenvalue weighted by Crippen LogP contribution is -2.22. The second-order valence-corrected chi connectivity index (χ2v) is 6.01. The van der Waals surface area contributed by atoms with Gasteiger partial charge in [0.05, 0.1) is 6.20 Å². The lowest BCUT2D eigenvalue weighted by molar-refractivity contribution is 0.301. The molecule has 0 aliphatic carbocycles. The zero-order valence-electron chi connectivity index (χ0n) is 12.1. The van der Waals surface area contributed by atoms with E-state index in [1.807, 2.05) is 31.6 Å². The Labute approximate surface area is 128 Å². The summed E-state index contributed by atoms with van der Waals surface area (Å²) in [5.41, 5.74) is 2.22. The predicted molar refractivity (Wildman–Crippen MR) is 83.7 cm³/mol. The molecule has 108 valence electrons. The lowest BCUT2D eigenvalue weighted by Gasteiger charge is -2.14. The zero-order chi connectivity index (χ0) is 14.5. The first kappa shape index (κ1) is 15.1. The molecule has 0 unspecified atom stereocenters. The standard InChI is InChI=1S/C15H20BrN3O/c1-11(2)17-8-13-6-14(16)4-5-15(13)20-10-12-7-18-19(3)9-12/h4-7,9,11,17H,8,10H2,1-3H3. The number of hydrogen-bond acceptors (Lipinski definition) is 3. The van der Waals surface area contributed by atoms with E-state index >= 15 is 0 Å². The van der Waals surface area contributed by atoms with Gasteiger partial charge in [-0.25, -0.2) is 0 Å². The van der Waals surface area contributed by atoms with E-state index in [1.165, 1.54) is 0 Å². The van der Waals surface area contributed by atoms with Crippen molar-refractivity contribution in [1.82, 2.24) is 15.1 Å². The third-order valence-corrected chi connectivity index (χ3v) is 3.37. The normalized spacial score (nSPS) is 11.1. The molecule has 2 rings (SSSR count). The van der Waals surface area contributed by atoms with Gasteiger partial charge in [-0.05, 0) is 18.2 Å². The topological polar surface area (TPSA) is 39.1 Å². The van der Waals surface area contributed by atoms with Crippen LogP contribution >= 0.6 is 15.9 Å². The monoisotopic (exact) mass is 337 g/mol. The maximum atomic E-state index is 5.91. The van der Waals surface area contributed by atoms with Crippen LogP contribution in [0.2, 0.25) is 0 Å². The van der Waals surface area contributed by atoms with Crippen molar-refractivity contribution in [1.29, 1.82) is 0 Å². The number of aryl methyl sites for hydroxylation is 1. The zero-order valence-corrected chi connectivity index (χ0v) is 13.6. The molecule has 0 aliphatic heterocycles. The Morgan fingerprint density at radius 2 is 2.20 bits per heavy atom. The summed E-state index contributed by atoms with van der Waals surface area (Å²) in [5.74, 6) is 0.908. The van der Waals surface area contributed by atoms with Gasteiger partial charge >= 0.3 is 0 Å². The van der Waals surface area contributed by atoms with Crippen LogP contribution in [0, 0.1) is 0 Å². The molecule has 0 spiro atoms. The second-order valence-electron chi connectivity index (χ2n) is 5.10. The van der Waals surface area contributed by atoms with Crippen LogP contribution in [-0.2, 0) is 20.2 Å². The van der Waals surface area contributed by atoms with Gasteiger partial charge in [-0.15, -0.1) is 0 Å². The quantitative estimate of drug-likeness (QED) is 0.879. The summed E-state index contributed by atoms with van der Waals surface area (Å²) in [6, 6.07) is 6.53. The first-order valence-corrected chi connectivity index (χ1v) is 7.46. The predicted octanol–water partition coefficient (Wildman–Crippen LogP) is 3.26. The van der Waals surface area contributed by atoms with E-state index in [-0.39, 0.29) is 0 Å². The highest BCUT2D eigenvalue weighted by molar-refractivity contribution is 9.10. The minimum Gasteiger partial charge on any atom is -0.488 e. The van der Waals surface area contributed by atoms with Crippen LogP contribution in [-0.4, -0.2) is 15.8 Å². The molecule has 0 saturated heterocycles. The lowest BCUT2D eigenvalue weighted by atomic mass is 10.2. The van der Waals surface area contributed by atoms with Crippen molar-refractivity contribution in [2.75, 3.05) is 0 Å². The van der Waals surface area contributed by atoms with Crippen molar-refractivity contribution in [3.05, 3.63) is 46.2 Å². The van der Waals surface area contributed by atoms with Crippen molar-refractivity contribution >= 4 is 15.9 Å². The summed E-state index contributed by atoms with van der Waals surface area (Å²) < 4.78 is 8.75. The van der Waals surface area contributed by atoms with E-state index in [0.717, 1.165) is 27.9 Å². The van der Waals surface area contributed by atoms with Crippen LogP contribution in [0.1, 0.15) is 25.0 Å². The second kappa shape index (κ2) is 6.90. The van der Waals surface area contributed by atoms with Crippen molar-refractivity contribution < 1.29 is 4.74 Å². The Morgan fingerprint density at radius 1 is 1.40 bits per heavy atom. The fraction of sp³-hybridized carbons (Fsp3) is 0.400. The van der Waals surface area contributed by atoms with E-state index in [1.54, 1.807) is 4.68 Å². The highest BCUT2D eigenvalue weighted by atomic mass is 79.9. The molecule has 0 saturated carbocycles. The number of benzene rings is 1. The summed E-state index contributed by atoms with van der Waals surface area (Å²) in [5, 5.41) is 7.56. The Kier molecular flexibility index (Phi) is 5.20. The van der Waals surface area contributed by atoms with E-state index in [4.69, 9.17) is 4.74 Å². The first-order valence-electron chi connectivity index (χ1n) is 6.66. The van der Waals surface area contributed by atoms with Gasteiger partial charge < -0.3 is 10.1 Å². The Morgan fingerprint density at radius 3 is 2.85 bits per heavy atom. The molecule has 1 heterocycles. The van der Waals surface area contributed by atoms with E-state index in [9.17, 15) is 0 Å². The number of ether oxygens (including phenoxy) is 1. The molecule has 20 heavy (non-hydrogen) atoms. The van der Waals surface area contributed by atoms with Gasteiger partial charge in [0.2, 0.25) is 0 Å². The van der Waals surface area contributed by atoms with Crippen LogP contribution in [0.5, 0.6) is 5.75 Å². The van der Waals surface area contributed by atoms with Gasteiger partial charge in [0.1, 0.15) is 12.4 Å². The van der Waals surface area contributed by atoms with Crippen LogP contribution in [0.15, 0.2) is 35.1 Å². The van der Waals surface area contributed by atoms with Crippen molar-refractivity contribution in [3.63, 3.8) is 0 Å². The molecule has 0 bridgehead atoms. The molecule has 0 fully saturated rings. The molecule has 0 amide bonds. The van der Waals surface area contributed by atoms with Gasteiger partial charge in [-0.1, -0.05) is 29.8 Å².